The molecule has 5 heteroatoms. The van der Waals surface area contributed by atoms with Crippen LogP contribution in [0.3, 0.4) is 0 Å². The van der Waals surface area contributed by atoms with Crippen molar-refractivity contribution in [3.05, 3.63) is 0 Å². The molecule has 5 nitrogen and oxygen atoms in total. The molecule has 0 atom stereocenters. The van der Waals surface area contributed by atoms with E-state index in [1.807, 2.05) is 4.90 Å². The Hall–Kier alpha value is -0.810. The number of hydrogen-bond acceptors (Lipinski definition) is 3. The van der Waals surface area contributed by atoms with Crippen molar-refractivity contribution in [1.29, 1.82) is 0 Å². The number of methoxy groups -OCH3 is 1. The molecule has 0 radical (unpaired) electrons. The van der Waals surface area contributed by atoms with Gasteiger partial charge in [-0.15, -0.1) is 0 Å². The zero-order valence-electron chi connectivity index (χ0n) is 9.90. The largest absolute Gasteiger partial charge is 0.383 e. The van der Waals surface area contributed by atoms with Crippen LogP contribution in [0.1, 0.15) is 0 Å². The van der Waals surface area contributed by atoms with Crippen LogP contribution in [0.15, 0.2) is 0 Å². The van der Waals surface area contributed by atoms with Gasteiger partial charge in [-0.3, -0.25) is 4.90 Å². The maximum absolute atomic E-state index is 11.6. The molecule has 1 saturated heterocycles. The van der Waals surface area contributed by atoms with E-state index in [0.29, 0.717) is 0 Å². The molecule has 0 unspecified atom stereocenters. The van der Waals surface area contributed by atoms with Crippen LogP contribution in [-0.4, -0.2) is 81.3 Å². The zero-order valence-corrected chi connectivity index (χ0v) is 9.90. The molecule has 0 aromatic carbocycles. The SMILES string of the molecule is COCCN1CCN(C(=O)N(C)C)CC1. The Balaban J connectivity index is 2.26. The monoisotopic (exact) mass is 215 g/mol. The number of hydrogen-bond donors (Lipinski definition) is 0. The molecule has 1 aliphatic rings. The maximum Gasteiger partial charge on any atom is 0.319 e. The molecule has 1 aliphatic heterocycles. The van der Waals surface area contributed by atoms with E-state index in [0.717, 1.165) is 39.3 Å². The van der Waals surface area contributed by atoms with Crippen molar-refractivity contribution in [3.8, 4) is 0 Å². The van der Waals surface area contributed by atoms with Gasteiger partial charge in [0.25, 0.3) is 0 Å². The molecule has 88 valence electrons. The number of rotatable bonds is 3. The summed E-state index contributed by atoms with van der Waals surface area (Å²) in [4.78, 5) is 17.5. The van der Waals surface area contributed by atoms with Gasteiger partial charge in [0.1, 0.15) is 0 Å². The van der Waals surface area contributed by atoms with Gasteiger partial charge in [-0.25, -0.2) is 4.79 Å². The van der Waals surface area contributed by atoms with Crippen LogP contribution in [0.4, 0.5) is 4.79 Å². The summed E-state index contributed by atoms with van der Waals surface area (Å²) in [6.45, 7) is 5.26. The Morgan fingerprint density at radius 1 is 1.27 bits per heavy atom. The first kappa shape index (κ1) is 12.3. The number of carbonyl (C=O) groups is 1. The highest BCUT2D eigenvalue weighted by Gasteiger charge is 2.21. The fraction of sp³-hybridized carbons (Fsp3) is 0.900. The van der Waals surface area contributed by atoms with E-state index in [2.05, 4.69) is 4.90 Å². The van der Waals surface area contributed by atoms with Crippen LogP contribution in [0.2, 0.25) is 0 Å². The van der Waals surface area contributed by atoms with Gasteiger partial charge in [0.15, 0.2) is 0 Å². The first-order valence-corrected chi connectivity index (χ1v) is 5.32. The van der Waals surface area contributed by atoms with E-state index < -0.39 is 0 Å². The second kappa shape index (κ2) is 5.92. The summed E-state index contributed by atoms with van der Waals surface area (Å²) in [6.07, 6.45) is 0. The molecule has 0 aromatic heterocycles. The van der Waals surface area contributed by atoms with Crippen molar-refractivity contribution in [1.82, 2.24) is 14.7 Å². The summed E-state index contributed by atoms with van der Waals surface area (Å²) in [7, 11) is 5.30. The standard InChI is InChI=1S/C10H21N3O2/c1-11(2)10(14)13-6-4-12(5-7-13)8-9-15-3/h4-9H2,1-3H3. The Morgan fingerprint density at radius 2 is 1.87 bits per heavy atom. The van der Waals surface area contributed by atoms with Gasteiger partial charge in [0.05, 0.1) is 6.61 Å². The lowest BCUT2D eigenvalue weighted by Crippen LogP contribution is -2.51. The summed E-state index contributed by atoms with van der Waals surface area (Å²) in [5, 5.41) is 0. The van der Waals surface area contributed by atoms with Crippen LogP contribution < -0.4 is 0 Å². The zero-order chi connectivity index (χ0) is 11.3. The molecule has 0 aromatic rings. The van der Waals surface area contributed by atoms with Crippen LogP contribution in [-0.2, 0) is 4.74 Å². The Morgan fingerprint density at radius 3 is 2.33 bits per heavy atom. The molecular formula is C10H21N3O2. The molecule has 1 heterocycles. The van der Waals surface area contributed by atoms with Gasteiger partial charge in [0, 0.05) is 53.9 Å². The normalized spacial score (nSPS) is 17.9. The van der Waals surface area contributed by atoms with E-state index in [-0.39, 0.29) is 6.03 Å². The molecule has 2 amide bonds. The average Bonchev–Trinajstić information content (AvgIpc) is 2.26. The summed E-state index contributed by atoms with van der Waals surface area (Å²) in [5.74, 6) is 0. The van der Waals surface area contributed by atoms with Crippen molar-refractivity contribution < 1.29 is 9.53 Å². The summed E-state index contributed by atoms with van der Waals surface area (Å²) in [5.41, 5.74) is 0. The summed E-state index contributed by atoms with van der Waals surface area (Å²) >= 11 is 0. The first-order valence-electron chi connectivity index (χ1n) is 5.32. The number of carbonyl (C=O) groups excluding carboxylic acids is 1. The van der Waals surface area contributed by atoms with Crippen molar-refractivity contribution in [2.45, 2.75) is 0 Å². The lowest BCUT2D eigenvalue weighted by atomic mass is 10.3. The minimum Gasteiger partial charge on any atom is -0.383 e. The number of amides is 2. The van der Waals surface area contributed by atoms with E-state index in [9.17, 15) is 4.79 Å². The summed E-state index contributed by atoms with van der Waals surface area (Å²) in [6, 6.07) is 0.112. The predicted octanol–water partition coefficient (Wildman–Crippen LogP) is -0.0680. The molecular weight excluding hydrogens is 194 g/mol. The van der Waals surface area contributed by atoms with Gasteiger partial charge >= 0.3 is 6.03 Å². The maximum atomic E-state index is 11.6. The summed E-state index contributed by atoms with van der Waals surface area (Å²) < 4.78 is 5.03. The topological polar surface area (TPSA) is 36.0 Å². The Labute approximate surface area is 91.6 Å². The molecule has 0 N–H and O–H groups in total. The number of ether oxygens (including phenoxy) is 1. The second-order valence-corrected chi connectivity index (χ2v) is 4.00. The van der Waals surface area contributed by atoms with Gasteiger partial charge in [-0.1, -0.05) is 0 Å². The predicted molar refractivity (Wildman–Crippen MR) is 59.0 cm³/mol. The van der Waals surface area contributed by atoms with Crippen LogP contribution in [0.5, 0.6) is 0 Å². The van der Waals surface area contributed by atoms with Gasteiger partial charge in [-0.05, 0) is 0 Å². The second-order valence-electron chi connectivity index (χ2n) is 4.00. The van der Waals surface area contributed by atoms with Gasteiger partial charge in [-0.2, -0.15) is 0 Å². The molecule has 1 fully saturated rings. The Bertz CT molecular complexity index is 201. The van der Waals surface area contributed by atoms with Crippen LogP contribution in [0.25, 0.3) is 0 Å². The Kier molecular flexibility index (Phi) is 4.84. The third kappa shape index (κ3) is 3.68. The minimum absolute atomic E-state index is 0.112. The van der Waals surface area contributed by atoms with E-state index in [1.54, 1.807) is 26.1 Å². The highest BCUT2D eigenvalue weighted by molar-refractivity contribution is 5.73. The lowest BCUT2D eigenvalue weighted by Gasteiger charge is -2.35. The van der Waals surface area contributed by atoms with Crippen LogP contribution in [0, 0.1) is 0 Å². The van der Waals surface area contributed by atoms with Crippen molar-refractivity contribution in [2.24, 2.45) is 0 Å². The third-order valence-corrected chi connectivity index (χ3v) is 2.64. The van der Waals surface area contributed by atoms with Gasteiger partial charge in [0.2, 0.25) is 0 Å². The smallest absolute Gasteiger partial charge is 0.319 e. The fourth-order valence-corrected chi connectivity index (χ4v) is 1.67. The van der Waals surface area contributed by atoms with E-state index in [4.69, 9.17) is 4.74 Å². The fourth-order valence-electron chi connectivity index (χ4n) is 1.67. The first-order chi connectivity index (χ1) is 7.15. The highest BCUT2D eigenvalue weighted by atomic mass is 16.5. The molecule has 0 saturated carbocycles. The van der Waals surface area contributed by atoms with Crippen molar-refractivity contribution in [3.63, 3.8) is 0 Å². The number of nitrogens with zero attached hydrogens (tertiary/aromatic N) is 3. The molecule has 0 bridgehead atoms. The molecule has 0 spiro atoms. The molecule has 0 aliphatic carbocycles. The number of urea groups is 1. The van der Waals surface area contributed by atoms with E-state index >= 15 is 0 Å². The molecule has 1 rings (SSSR count). The highest BCUT2D eigenvalue weighted by Crippen LogP contribution is 2.03. The quantitative estimate of drug-likeness (QED) is 0.661. The van der Waals surface area contributed by atoms with Gasteiger partial charge < -0.3 is 14.5 Å². The third-order valence-electron chi connectivity index (χ3n) is 2.64. The van der Waals surface area contributed by atoms with Crippen molar-refractivity contribution in [2.75, 3.05) is 60.5 Å². The number of piperazine rings is 1. The van der Waals surface area contributed by atoms with E-state index in [1.165, 1.54) is 0 Å². The van der Waals surface area contributed by atoms with Crippen molar-refractivity contribution >= 4 is 6.03 Å². The average molecular weight is 215 g/mol. The lowest BCUT2D eigenvalue weighted by molar-refractivity contribution is 0.0981. The molecule has 15 heavy (non-hydrogen) atoms. The van der Waals surface area contributed by atoms with Crippen LogP contribution >= 0.6 is 0 Å². The minimum atomic E-state index is 0.112.